The first-order valence-electron chi connectivity index (χ1n) is 6.91. The zero-order valence-electron chi connectivity index (χ0n) is 11.9. The van der Waals surface area contributed by atoms with E-state index in [0.717, 1.165) is 12.0 Å². The SMILES string of the molecule is CCC(C)c1ccccc1Oc1c(F)cccc1CN. The summed E-state index contributed by atoms with van der Waals surface area (Å²) < 4.78 is 19.8. The van der Waals surface area contributed by atoms with Gasteiger partial charge in [-0.25, -0.2) is 4.39 Å². The molecule has 2 aromatic rings. The first-order chi connectivity index (χ1) is 9.67. The molecule has 0 aliphatic heterocycles. The Morgan fingerprint density at radius 2 is 1.90 bits per heavy atom. The van der Waals surface area contributed by atoms with Gasteiger partial charge >= 0.3 is 0 Å². The lowest BCUT2D eigenvalue weighted by Crippen LogP contribution is -2.03. The van der Waals surface area contributed by atoms with Gasteiger partial charge in [0.2, 0.25) is 0 Å². The van der Waals surface area contributed by atoms with Gasteiger partial charge in [-0.1, -0.05) is 44.2 Å². The Bertz CT molecular complexity index is 583. The molecule has 0 aliphatic carbocycles. The van der Waals surface area contributed by atoms with Crippen molar-refractivity contribution in [1.29, 1.82) is 0 Å². The highest BCUT2D eigenvalue weighted by molar-refractivity contribution is 5.43. The summed E-state index contributed by atoms with van der Waals surface area (Å²) in [6, 6.07) is 12.6. The van der Waals surface area contributed by atoms with Crippen molar-refractivity contribution in [3.8, 4) is 11.5 Å². The van der Waals surface area contributed by atoms with Crippen molar-refractivity contribution in [3.63, 3.8) is 0 Å². The van der Waals surface area contributed by atoms with Crippen LogP contribution in [-0.2, 0) is 6.54 Å². The summed E-state index contributed by atoms with van der Waals surface area (Å²) in [4.78, 5) is 0. The van der Waals surface area contributed by atoms with Crippen LogP contribution >= 0.6 is 0 Å². The molecular weight excluding hydrogens is 253 g/mol. The molecule has 0 amide bonds. The number of hydrogen-bond donors (Lipinski definition) is 1. The van der Waals surface area contributed by atoms with E-state index in [0.29, 0.717) is 17.2 Å². The standard InChI is InChI=1S/C17H20FNO/c1-3-12(2)14-8-4-5-10-16(14)20-17-13(11-19)7-6-9-15(17)18/h4-10,12H,3,11,19H2,1-2H3. The summed E-state index contributed by atoms with van der Waals surface area (Å²) in [5.74, 6) is 0.901. The average Bonchev–Trinajstić information content (AvgIpc) is 2.49. The third kappa shape index (κ3) is 2.99. The fraction of sp³-hybridized carbons (Fsp3) is 0.294. The van der Waals surface area contributed by atoms with E-state index in [1.165, 1.54) is 6.07 Å². The molecule has 106 valence electrons. The zero-order chi connectivity index (χ0) is 14.5. The number of para-hydroxylation sites is 2. The van der Waals surface area contributed by atoms with Crippen LogP contribution in [0.4, 0.5) is 4.39 Å². The maximum absolute atomic E-state index is 14.0. The molecule has 20 heavy (non-hydrogen) atoms. The van der Waals surface area contributed by atoms with Gasteiger partial charge in [-0.3, -0.25) is 0 Å². The molecule has 0 saturated heterocycles. The fourth-order valence-corrected chi connectivity index (χ4v) is 2.14. The van der Waals surface area contributed by atoms with Gasteiger partial charge in [0.1, 0.15) is 5.75 Å². The molecule has 2 aromatic carbocycles. The Hall–Kier alpha value is -1.87. The van der Waals surface area contributed by atoms with Gasteiger partial charge in [0, 0.05) is 12.1 Å². The Labute approximate surface area is 119 Å². The predicted octanol–water partition coefficient (Wildman–Crippen LogP) is 4.59. The maximum Gasteiger partial charge on any atom is 0.167 e. The minimum atomic E-state index is -0.382. The van der Waals surface area contributed by atoms with Crippen LogP contribution in [0.2, 0.25) is 0 Å². The van der Waals surface area contributed by atoms with E-state index >= 15 is 0 Å². The van der Waals surface area contributed by atoms with Crippen molar-refractivity contribution in [2.75, 3.05) is 0 Å². The second-order valence-electron chi connectivity index (χ2n) is 4.88. The van der Waals surface area contributed by atoms with Crippen LogP contribution in [0.25, 0.3) is 0 Å². The molecule has 3 heteroatoms. The van der Waals surface area contributed by atoms with Crippen LogP contribution in [0.15, 0.2) is 42.5 Å². The minimum Gasteiger partial charge on any atom is -0.454 e. The molecular formula is C17H20FNO. The monoisotopic (exact) mass is 273 g/mol. The minimum absolute atomic E-state index is 0.228. The van der Waals surface area contributed by atoms with E-state index in [9.17, 15) is 4.39 Å². The number of rotatable bonds is 5. The molecule has 0 aliphatic rings. The van der Waals surface area contributed by atoms with E-state index < -0.39 is 0 Å². The molecule has 0 fully saturated rings. The predicted molar refractivity (Wildman–Crippen MR) is 79.5 cm³/mol. The Morgan fingerprint density at radius 3 is 2.60 bits per heavy atom. The lowest BCUT2D eigenvalue weighted by atomic mass is 9.98. The second-order valence-corrected chi connectivity index (χ2v) is 4.88. The van der Waals surface area contributed by atoms with E-state index in [1.807, 2.05) is 24.3 Å². The molecule has 0 saturated carbocycles. The van der Waals surface area contributed by atoms with E-state index in [1.54, 1.807) is 12.1 Å². The smallest absolute Gasteiger partial charge is 0.167 e. The van der Waals surface area contributed by atoms with Crippen molar-refractivity contribution >= 4 is 0 Å². The summed E-state index contributed by atoms with van der Waals surface area (Å²) in [7, 11) is 0. The Kier molecular flexibility index (Phi) is 4.74. The van der Waals surface area contributed by atoms with Gasteiger partial charge in [-0.05, 0) is 30.0 Å². The summed E-state index contributed by atoms with van der Waals surface area (Å²) in [6.45, 7) is 4.50. The highest BCUT2D eigenvalue weighted by Gasteiger charge is 2.14. The molecule has 0 spiro atoms. The molecule has 2 nitrogen and oxygen atoms in total. The van der Waals surface area contributed by atoms with Crippen molar-refractivity contribution in [2.45, 2.75) is 32.7 Å². The van der Waals surface area contributed by atoms with Crippen LogP contribution in [-0.4, -0.2) is 0 Å². The topological polar surface area (TPSA) is 35.2 Å². The fourth-order valence-electron chi connectivity index (χ4n) is 2.14. The summed E-state index contributed by atoms with van der Waals surface area (Å²) in [6.07, 6.45) is 1.00. The second kappa shape index (κ2) is 6.53. The number of benzene rings is 2. The lowest BCUT2D eigenvalue weighted by Gasteiger charge is -2.17. The van der Waals surface area contributed by atoms with Gasteiger partial charge in [0.15, 0.2) is 11.6 Å². The zero-order valence-corrected chi connectivity index (χ0v) is 11.9. The number of halogens is 1. The summed E-state index contributed by atoms with van der Waals surface area (Å²) in [5.41, 5.74) is 7.41. The molecule has 0 bridgehead atoms. The van der Waals surface area contributed by atoms with Crippen LogP contribution in [0.3, 0.4) is 0 Å². The molecule has 0 radical (unpaired) electrons. The molecule has 1 unspecified atom stereocenters. The molecule has 2 N–H and O–H groups in total. The van der Waals surface area contributed by atoms with Crippen molar-refractivity contribution in [1.82, 2.24) is 0 Å². The maximum atomic E-state index is 14.0. The van der Waals surface area contributed by atoms with Crippen molar-refractivity contribution in [3.05, 3.63) is 59.4 Å². The van der Waals surface area contributed by atoms with Gasteiger partial charge < -0.3 is 10.5 Å². The van der Waals surface area contributed by atoms with Gasteiger partial charge in [-0.15, -0.1) is 0 Å². The molecule has 0 heterocycles. The third-order valence-corrected chi connectivity index (χ3v) is 3.54. The third-order valence-electron chi connectivity index (χ3n) is 3.54. The molecule has 1 atom stereocenters. The molecule has 0 aromatic heterocycles. The normalized spacial score (nSPS) is 12.2. The number of ether oxygens (including phenoxy) is 1. The highest BCUT2D eigenvalue weighted by Crippen LogP contribution is 2.34. The first-order valence-corrected chi connectivity index (χ1v) is 6.91. The van der Waals surface area contributed by atoms with Crippen LogP contribution in [0.5, 0.6) is 11.5 Å². The van der Waals surface area contributed by atoms with Crippen LogP contribution in [0.1, 0.15) is 37.3 Å². The van der Waals surface area contributed by atoms with E-state index in [2.05, 4.69) is 13.8 Å². The summed E-state index contributed by atoms with van der Waals surface area (Å²) in [5, 5.41) is 0. The molecule has 2 rings (SSSR count). The van der Waals surface area contributed by atoms with Crippen LogP contribution < -0.4 is 10.5 Å². The highest BCUT2D eigenvalue weighted by atomic mass is 19.1. The largest absolute Gasteiger partial charge is 0.454 e. The van der Waals surface area contributed by atoms with E-state index in [-0.39, 0.29) is 18.1 Å². The van der Waals surface area contributed by atoms with Gasteiger partial charge in [-0.2, -0.15) is 0 Å². The summed E-state index contributed by atoms with van der Waals surface area (Å²) >= 11 is 0. The quantitative estimate of drug-likeness (QED) is 0.864. The van der Waals surface area contributed by atoms with Crippen LogP contribution in [0, 0.1) is 5.82 Å². The number of hydrogen-bond acceptors (Lipinski definition) is 2. The Balaban J connectivity index is 2.40. The average molecular weight is 273 g/mol. The Morgan fingerprint density at radius 1 is 1.15 bits per heavy atom. The number of nitrogens with two attached hydrogens (primary N) is 1. The van der Waals surface area contributed by atoms with Gasteiger partial charge in [0.25, 0.3) is 0 Å². The lowest BCUT2D eigenvalue weighted by molar-refractivity contribution is 0.428. The van der Waals surface area contributed by atoms with E-state index in [4.69, 9.17) is 10.5 Å². The van der Waals surface area contributed by atoms with Crippen molar-refractivity contribution in [2.24, 2.45) is 5.73 Å². The first kappa shape index (κ1) is 14.5. The van der Waals surface area contributed by atoms with Gasteiger partial charge in [0.05, 0.1) is 0 Å². The van der Waals surface area contributed by atoms with Crippen molar-refractivity contribution < 1.29 is 9.13 Å².